The number of unbranched alkanes of at least 4 members (excludes halogenated alkanes) is 2. The zero-order chi connectivity index (χ0) is 75.6. The van der Waals surface area contributed by atoms with Crippen LogP contribution in [0.5, 0.6) is 11.5 Å². The number of anilines is 3. The van der Waals surface area contributed by atoms with Gasteiger partial charge in [-0.05, 0) is 120 Å². The SMILES string of the molecule is CO[C@H]1/C=C/O[C@@]2(C)Oc3c(C)c(O)c4c(=O)c(c5oc6cc(N7CCC(N(C)Cc8ccc(NC(=O)[C@H](CCCNC(N)=O)NC(=O)[C@@H](NC(=O)CCCCCN9C(=O)C=CC9=O)C(C)C)cc8)CC7)cc(=O)c6nc5c4c3=C2O)NC(=O)/C(C)=C\C=C\[C@H](C)C[C@@H](C)C[C@@H](C)[C@H](OC(C)=O)[C@@H]1C. The monoisotopic (exact) mass is 1430 g/mol. The van der Waals surface area contributed by atoms with Crippen molar-refractivity contribution in [3.8, 4) is 11.5 Å². The predicted octanol–water partition coefficient (Wildman–Crippen LogP) is 8.22. The topological polar surface area (TPSA) is 370 Å². The van der Waals surface area contributed by atoms with Gasteiger partial charge in [-0.15, -0.1) is 0 Å². The second kappa shape index (κ2) is 34.0. The third-order valence-electron chi connectivity index (χ3n) is 20.0. The van der Waals surface area contributed by atoms with E-state index in [0.717, 1.165) is 23.3 Å². The Morgan fingerprint density at radius 2 is 1.59 bits per heavy atom. The molecule has 4 aliphatic heterocycles. The van der Waals surface area contributed by atoms with Crippen molar-refractivity contribution in [3.05, 3.63) is 121 Å². The summed E-state index contributed by atoms with van der Waals surface area (Å²) in [6.45, 7) is 19.6. The fourth-order valence-electron chi connectivity index (χ4n) is 14.3. The molecule has 0 spiro atoms. The lowest BCUT2D eigenvalue weighted by molar-refractivity contribution is -0.155. The van der Waals surface area contributed by atoms with Crippen molar-refractivity contribution in [2.75, 3.05) is 55.9 Å². The largest absolute Gasteiger partial charge is 0.507 e. The molecular weight excluding hydrogens is 1340 g/mol. The molecule has 9 atom stereocenters. The number of carbonyl (C=O) groups is 8. The molecular formula is C77H98N10O17. The lowest BCUT2D eigenvalue weighted by Gasteiger charge is -2.38. The highest BCUT2D eigenvalue weighted by Gasteiger charge is 2.44. The Bertz CT molecular complexity index is 4410. The summed E-state index contributed by atoms with van der Waals surface area (Å²) in [4.78, 5) is 143. The number of fused-ring (bicyclic) bond motifs is 2. The number of phenols is 1. The van der Waals surface area contributed by atoms with Gasteiger partial charge in [0.25, 0.3) is 17.7 Å². The molecule has 0 aliphatic carbocycles. The van der Waals surface area contributed by atoms with Crippen molar-refractivity contribution in [2.24, 2.45) is 35.3 Å². The molecule has 104 heavy (non-hydrogen) atoms. The lowest BCUT2D eigenvalue weighted by atomic mass is 9.82. The van der Waals surface area contributed by atoms with Gasteiger partial charge in [0.05, 0.1) is 23.0 Å². The average molecular weight is 1440 g/mol. The molecule has 4 aliphatic rings. The fraction of sp³-hybridized carbons (Fsp3) is 0.494. The Kier molecular flexibility index (Phi) is 25.5. The number of aliphatic hydroxyl groups is 1. The van der Waals surface area contributed by atoms with Gasteiger partial charge >= 0.3 is 17.8 Å². The number of methoxy groups -OCH3 is 1. The number of rotatable bonds is 22. The third-order valence-corrected chi connectivity index (χ3v) is 20.0. The minimum absolute atomic E-state index is 0.00511. The minimum Gasteiger partial charge on any atom is -0.507 e. The van der Waals surface area contributed by atoms with Crippen LogP contribution in [-0.2, 0) is 54.3 Å². The summed E-state index contributed by atoms with van der Waals surface area (Å²) in [7, 11) is 3.54. The van der Waals surface area contributed by atoms with Crippen molar-refractivity contribution in [2.45, 2.75) is 176 Å². The van der Waals surface area contributed by atoms with E-state index in [9.17, 15) is 53.4 Å². The van der Waals surface area contributed by atoms with Crippen LogP contribution < -0.4 is 58.0 Å². The Labute approximate surface area is 603 Å². The molecule has 4 bridgehead atoms. The molecule has 9 rings (SSSR count). The van der Waals surface area contributed by atoms with Crippen molar-refractivity contribution < 1.29 is 71.9 Å². The average Bonchev–Trinajstić information content (AvgIpc) is 1.40. The molecule has 1 fully saturated rings. The van der Waals surface area contributed by atoms with Crippen LogP contribution in [0.1, 0.15) is 138 Å². The van der Waals surface area contributed by atoms with Gasteiger partial charge in [0.1, 0.15) is 40.9 Å². The maximum atomic E-state index is 15.2. The first-order valence-corrected chi connectivity index (χ1v) is 35.7. The van der Waals surface area contributed by atoms with E-state index in [1.54, 1.807) is 57.2 Å². The quantitative estimate of drug-likeness (QED) is 0.0106. The van der Waals surface area contributed by atoms with E-state index in [0.29, 0.717) is 69.5 Å². The van der Waals surface area contributed by atoms with Gasteiger partial charge < -0.3 is 70.8 Å². The predicted molar refractivity (Wildman–Crippen MR) is 394 cm³/mol. The number of nitrogens with one attached hydrogen (secondary N) is 5. The summed E-state index contributed by atoms with van der Waals surface area (Å²) in [6.07, 6.45) is 14.5. The zero-order valence-corrected chi connectivity index (χ0v) is 61.3. The number of allylic oxidation sites excluding steroid dienone is 3. The highest BCUT2D eigenvalue weighted by atomic mass is 16.7. The summed E-state index contributed by atoms with van der Waals surface area (Å²) in [5, 5.41) is 37.7. The molecule has 0 unspecified atom stereocenters. The number of hydrogen-bond donors (Lipinski definition) is 8. The number of ether oxygens (including phenoxy) is 4. The van der Waals surface area contributed by atoms with Crippen LogP contribution in [0.2, 0.25) is 0 Å². The molecule has 1 aromatic heterocycles. The van der Waals surface area contributed by atoms with E-state index in [-0.39, 0.29) is 140 Å². The number of primary amides is 1. The number of benzene rings is 4. The molecule has 27 heteroatoms. The number of carbonyl (C=O) groups excluding carboxylic acids is 8. The molecule has 4 aromatic carbocycles. The van der Waals surface area contributed by atoms with Gasteiger partial charge in [0.15, 0.2) is 22.4 Å². The minimum atomic E-state index is -1.98. The van der Waals surface area contributed by atoms with Crippen LogP contribution in [0.4, 0.5) is 21.9 Å². The smallest absolute Gasteiger partial charge is 0.312 e. The maximum absolute atomic E-state index is 15.2. The van der Waals surface area contributed by atoms with Crippen molar-refractivity contribution in [1.29, 1.82) is 0 Å². The second-order valence-corrected chi connectivity index (χ2v) is 28.6. The Morgan fingerprint density at radius 3 is 2.25 bits per heavy atom. The fourth-order valence-corrected chi connectivity index (χ4v) is 14.3. The molecule has 5 heterocycles. The van der Waals surface area contributed by atoms with Crippen LogP contribution in [0.3, 0.4) is 0 Å². The second-order valence-electron chi connectivity index (χ2n) is 28.6. The number of aromatic hydroxyl groups is 1. The Balaban J connectivity index is 0.921. The first kappa shape index (κ1) is 78.0. The third kappa shape index (κ3) is 18.2. The van der Waals surface area contributed by atoms with Crippen LogP contribution >= 0.6 is 0 Å². The molecule has 27 nitrogen and oxygen atoms in total. The van der Waals surface area contributed by atoms with Gasteiger partial charge in [0.2, 0.25) is 28.6 Å². The van der Waals surface area contributed by atoms with E-state index >= 15 is 4.79 Å². The number of aliphatic hydroxyl groups excluding tert-OH is 1. The maximum Gasteiger partial charge on any atom is 0.312 e. The number of phenolic OH excluding ortho intramolecular Hbond substituents is 1. The van der Waals surface area contributed by atoms with Crippen molar-refractivity contribution in [3.63, 3.8) is 0 Å². The summed E-state index contributed by atoms with van der Waals surface area (Å²) >= 11 is 0. The zero-order valence-electron chi connectivity index (χ0n) is 61.3. The Hall–Kier alpha value is -10.2. The van der Waals surface area contributed by atoms with Crippen molar-refractivity contribution in [1.82, 2.24) is 30.7 Å². The number of piperidine rings is 1. The summed E-state index contributed by atoms with van der Waals surface area (Å²) in [5.74, 6) is -6.92. The molecule has 0 radical (unpaired) electrons. The summed E-state index contributed by atoms with van der Waals surface area (Å²) < 4.78 is 31.2. The highest BCUT2D eigenvalue weighted by molar-refractivity contribution is 6.17. The number of amides is 8. The number of nitrogens with two attached hydrogens (primary N) is 1. The number of hydrogen-bond acceptors (Lipinski definition) is 20. The van der Waals surface area contributed by atoms with Gasteiger partial charge in [-0.2, -0.15) is 0 Å². The molecule has 8 amide bonds. The van der Waals surface area contributed by atoms with Crippen molar-refractivity contribution >= 4 is 103 Å². The normalized spacial score (nSPS) is 23.0. The van der Waals surface area contributed by atoms with Gasteiger partial charge in [-0.25, -0.2) is 9.78 Å². The van der Waals surface area contributed by atoms with Gasteiger partial charge in [-0.3, -0.25) is 53.0 Å². The number of aromatic nitrogens is 1. The Morgan fingerprint density at radius 1 is 0.885 bits per heavy atom. The number of urea groups is 1. The van der Waals surface area contributed by atoms with Crippen LogP contribution in [0.15, 0.2) is 98.7 Å². The van der Waals surface area contributed by atoms with E-state index in [1.165, 1.54) is 52.4 Å². The molecule has 9 N–H and O–H groups in total. The number of imide groups is 1. The first-order chi connectivity index (χ1) is 49.4. The summed E-state index contributed by atoms with van der Waals surface area (Å²) in [5.41, 5.74) is 5.19. The van der Waals surface area contributed by atoms with E-state index in [2.05, 4.69) is 50.2 Å². The molecule has 1 saturated heterocycles. The van der Waals surface area contributed by atoms with Gasteiger partial charge in [-0.1, -0.05) is 78.3 Å². The first-order valence-electron chi connectivity index (χ1n) is 35.7. The van der Waals surface area contributed by atoms with Crippen LogP contribution in [0, 0.1) is 36.5 Å². The molecule has 558 valence electrons. The van der Waals surface area contributed by atoms with E-state index < -0.39 is 82.2 Å². The van der Waals surface area contributed by atoms with Gasteiger partial charge in [0, 0.05) is 124 Å². The highest BCUT2D eigenvalue weighted by Crippen LogP contribution is 2.43. The van der Waals surface area contributed by atoms with E-state index in [1.807, 2.05) is 39.1 Å². The van der Waals surface area contributed by atoms with E-state index in [4.69, 9.17) is 34.1 Å². The lowest BCUT2D eigenvalue weighted by Crippen LogP contribution is -2.54. The summed E-state index contributed by atoms with van der Waals surface area (Å²) in [6, 6.07) is 7.76. The standard InChI is InChI=1S/C77H98N10O17/c1-41(2)63(82-57(90)21-14-13-15-32-87-58(91)26-27-59(87)92)75(98)81-53(20-17-31-79-76(78)99)74(97)80-50-24-22-49(23-25-50)40-85(11)51-28-33-86(34-29-51)52-38-54(89)64-56(39-52)103-71-65(83-64)60-61-67(93)47(8)70-62(60)72(95)77(10,104-70)101-35-30-55(100-12)46(7)69(102-48(9)88)45(6)37-43(4)36-42(3)18-16-19-44(5)73(96)84-66(71)68(61)94/h16,18-19,22-27,30,35,38-39,41-43,45-46,51,53,55,63,69,93,95H,13-15,17,20-21,28-29,31-34,36-37,40H2,1-12H3,(H,80,97)(H,81,98)(H,82,90)(H,84,96)(H3,78,79,99)/b18-16+,35-30+,44-19-/t42-,43+,45+,46+,53-,55-,63-,69-,77-/m0/s1. The molecule has 5 aromatic rings. The number of esters is 1. The molecule has 0 saturated carbocycles. The number of nitrogens with zero attached hydrogens (tertiary/aromatic N) is 4. The van der Waals surface area contributed by atoms with Crippen LogP contribution in [-0.4, -0.2) is 149 Å². The van der Waals surface area contributed by atoms with Crippen LogP contribution in [0.25, 0.3) is 38.7 Å².